The van der Waals surface area contributed by atoms with Crippen LogP contribution in [0, 0.1) is 5.92 Å². The average Bonchev–Trinajstić information content (AvgIpc) is 2.45. The summed E-state index contributed by atoms with van der Waals surface area (Å²) in [7, 11) is 0. The van der Waals surface area contributed by atoms with Gasteiger partial charge in [0.25, 0.3) is 0 Å². The number of aliphatic hydroxyl groups excluding tert-OH is 1. The minimum Gasteiger partial charge on any atom is -0.388 e. The molecule has 0 amide bonds. The van der Waals surface area contributed by atoms with Crippen LogP contribution in [0.4, 0.5) is 0 Å². The zero-order chi connectivity index (χ0) is 9.42. The van der Waals surface area contributed by atoms with Gasteiger partial charge in [-0.3, -0.25) is 0 Å². The number of fused-ring (bicyclic) bond motifs is 1. The van der Waals surface area contributed by atoms with Crippen LogP contribution in [0.2, 0.25) is 0 Å². The molecule has 0 aromatic heterocycles. The summed E-state index contributed by atoms with van der Waals surface area (Å²) < 4.78 is 0. The molecular formula is C12H16O. The maximum Gasteiger partial charge on any atom is 0.0798 e. The summed E-state index contributed by atoms with van der Waals surface area (Å²) in [5.41, 5.74) is 2.49. The van der Waals surface area contributed by atoms with E-state index in [0.29, 0.717) is 11.8 Å². The van der Waals surface area contributed by atoms with Crippen molar-refractivity contribution in [1.29, 1.82) is 0 Å². The van der Waals surface area contributed by atoms with Gasteiger partial charge in [-0.05, 0) is 29.4 Å². The highest BCUT2D eigenvalue weighted by atomic mass is 16.3. The molecule has 0 radical (unpaired) electrons. The molecule has 0 saturated carbocycles. The highest BCUT2D eigenvalue weighted by Gasteiger charge is 2.30. The van der Waals surface area contributed by atoms with E-state index in [1.54, 1.807) is 0 Å². The summed E-state index contributed by atoms with van der Waals surface area (Å²) in [6, 6.07) is 8.26. The predicted molar refractivity (Wildman–Crippen MR) is 53.6 cm³/mol. The summed E-state index contributed by atoms with van der Waals surface area (Å²) in [4.78, 5) is 0. The molecule has 70 valence electrons. The highest BCUT2D eigenvalue weighted by Crippen LogP contribution is 2.43. The first-order valence-electron chi connectivity index (χ1n) is 4.97. The minimum absolute atomic E-state index is 0.233. The van der Waals surface area contributed by atoms with Crippen LogP contribution in [0.5, 0.6) is 0 Å². The van der Waals surface area contributed by atoms with Crippen LogP contribution in [0.25, 0.3) is 0 Å². The van der Waals surface area contributed by atoms with Gasteiger partial charge in [0.1, 0.15) is 0 Å². The molecule has 13 heavy (non-hydrogen) atoms. The summed E-state index contributed by atoms with van der Waals surface area (Å²) in [6.07, 6.45) is 0.667. The lowest BCUT2D eigenvalue weighted by Crippen LogP contribution is -2.02. The first-order valence-corrected chi connectivity index (χ1v) is 4.97. The van der Waals surface area contributed by atoms with Gasteiger partial charge < -0.3 is 5.11 Å². The van der Waals surface area contributed by atoms with Crippen LogP contribution in [0.1, 0.15) is 43.4 Å². The third-order valence-electron chi connectivity index (χ3n) is 3.04. The van der Waals surface area contributed by atoms with Gasteiger partial charge in [0.05, 0.1) is 6.10 Å². The predicted octanol–water partition coefficient (Wildman–Crippen LogP) is 2.86. The largest absolute Gasteiger partial charge is 0.388 e. The molecule has 0 unspecified atom stereocenters. The molecule has 1 aromatic carbocycles. The van der Waals surface area contributed by atoms with Gasteiger partial charge in [0.2, 0.25) is 0 Å². The molecular weight excluding hydrogens is 160 g/mol. The summed E-state index contributed by atoms with van der Waals surface area (Å²) >= 11 is 0. The van der Waals surface area contributed by atoms with E-state index in [1.165, 1.54) is 5.56 Å². The molecule has 0 fully saturated rings. The van der Waals surface area contributed by atoms with E-state index in [1.807, 2.05) is 12.1 Å². The Morgan fingerprint density at radius 1 is 1.23 bits per heavy atom. The van der Waals surface area contributed by atoms with Crippen molar-refractivity contribution in [3.8, 4) is 0 Å². The van der Waals surface area contributed by atoms with Crippen molar-refractivity contribution in [2.75, 3.05) is 0 Å². The Kier molecular flexibility index (Phi) is 2.12. The molecule has 2 atom stereocenters. The van der Waals surface area contributed by atoms with Crippen molar-refractivity contribution < 1.29 is 5.11 Å². The second-order valence-corrected chi connectivity index (χ2v) is 4.23. The van der Waals surface area contributed by atoms with Crippen molar-refractivity contribution >= 4 is 0 Å². The third-order valence-corrected chi connectivity index (χ3v) is 3.04. The molecule has 0 heterocycles. The lowest BCUT2D eigenvalue weighted by molar-refractivity contribution is 0.167. The number of hydrogen-bond acceptors (Lipinski definition) is 1. The number of benzene rings is 1. The van der Waals surface area contributed by atoms with E-state index < -0.39 is 0 Å². The SMILES string of the molecule is CC(C)[C@H]1C[C@H](O)c2ccccc21. The number of hydrogen-bond donors (Lipinski definition) is 1. The van der Waals surface area contributed by atoms with Crippen molar-refractivity contribution in [3.63, 3.8) is 0 Å². The summed E-state index contributed by atoms with van der Waals surface area (Å²) in [5.74, 6) is 1.17. The van der Waals surface area contributed by atoms with Crippen LogP contribution in [-0.2, 0) is 0 Å². The molecule has 1 nitrogen and oxygen atoms in total. The monoisotopic (exact) mass is 176 g/mol. The van der Waals surface area contributed by atoms with Crippen LogP contribution in [0.15, 0.2) is 24.3 Å². The number of aliphatic hydroxyl groups is 1. The fourth-order valence-corrected chi connectivity index (χ4v) is 2.28. The van der Waals surface area contributed by atoms with Crippen LogP contribution < -0.4 is 0 Å². The standard InChI is InChI=1S/C12H16O/c1-8(2)11-7-12(13)10-6-4-3-5-9(10)11/h3-6,8,11-13H,7H2,1-2H3/t11-,12+/m1/s1. The molecule has 2 rings (SSSR count). The van der Waals surface area contributed by atoms with E-state index in [-0.39, 0.29) is 6.10 Å². The fraction of sp³-hybridized carbons (Fsp3) is 0.500. The lowest BCUT2D eigenvalue weighted by atomic mass is 9.90. The Morgan fingerprint density at radius 3 is 2.46 bits per heavy atom. The zero-order valence-corrected chi connectivity index (χ0v) is 8.20. The van der Waals surface area contributed by atoms with Gasteiger partial charge in [0, 0.05) is 0 Å². The maximum absolute atomic E-state index is 9.80. The molecule has 1 aliphatic carbocycles. The third kappa shape index (κ3) is 1.37. The molecule has 0 aliphatic heterocycles. The molecule has 1 aliphatic rings. The van der Waals surface area contributed by atoms with Crippen LogP contribution >= 0.6 is 0 Å². The van der Waals surface area contributed by atoms with Gasteiger partial charge in [-0.15, -0.1) is 0 Å². The maximum atomic E-state index is 9.80. The van der Waals surface area contributed by atoms with Crippen molar-refractivity contribution in [2.24, 2.45) is 5.92 Å². The average molecular weight is 176 g/mol. The van der Waals surface area contributed by atoms with E-state index in [2.05, 4.69) is 26.0 Å². The molecule has 1 aromatic rings. The summed E-state index contributed by atoms with van der Waals surface area (Å²) in [6.45, 7) is 4.44. The van der Waals surface area contributed by atoms with Crippen molar-refractivity contribution in [3.05, 3.63) is 35.4 Å². The second kappa shape index (κ2) is 3.15. The Hall–Kier alpha value is -0.820. The smallest absolute Gasteiger partial charge is 0.0798 e. The molecule has 1 heteroatoms. The van der Waals surface area contributed by atoms with Crippen molar-refractivity contribution in [2.45, 2.75) is 32.3 Å². The first-order chi connectivity index (χ1) is 6.20. The highest BCUT2D eigenvalue weighted by molar-refractivity contribution is 5.37. The quantitative estimate of drug-likeness (QED) is 0.697. The number of rotatable bonds is 1. The van der Waals surface area contributed by atoms with Crippen LogP contribution in [-0.4, -0.2) is 5.11 Å². The second-order valence-electron chi connectivity index (χ2n) is 4.23. The Morgan fingerprint density at radius 2 is 1.85 bits per heavy atom. The van der Waals surface area contributed by atoms with Gasteiger partial charge in [-0.1, -0.05) is 38.1 Å². The van der Waals surface area contributed by atoms with Gasteiger partial charge in [0.15, 0.2) is 0 Å². The van der Waals surface area contributed by atoms with Gasteiger partial charge in [-0.2, -0.15) is 0 Å². The van der Waals surface area contributed by atoms with E-state index >= 15 is 0 Å². The van der Waals surface area contributed by atoms with Crippen molar-refractivity contribution in [1.82, 2.24) is 0 Å². The lowest BCUT2D eigenvalue weighted by Gasteiger charge is -2.14. The Bertz CT molecular complexity index is 304. The Labute approximate surface area is 79.4 Å². The van der Waals surface area contributed by atoms with E-state index in [0.717, 1.165) is 12.0 Å². The summed E-state index contributed by atoms with van der Waals surface area (Å²) in [5, 5.41) is 9.80. The first kappa shape index (κ1) is 8.76. The van der Waals surface area contributed by atoms with E-state index in [4.69, 9.17) is 0 Å². The topological polar surface area (TPSA) is 20.2 Å². The molecule has 0 bridgehead atoms. The van der Waals surface area contributed by atoms with Crippen LogP contribution in [0.3, 0.4) is 0 Å². The van der Waals surface area contributed by atoms with Gasteiger partial charge in [-0.25, -0.2) is 0 Å². The molecule has 0 saturated heterocycles. The molecule has 1 N–H and O–H groups in total. The zero-order valence-electron chi connectivity index (χ0n) is 8.20. The van der Waals surface area contributed by atoms with E-state index in [9.17, 15) is 5.11 Å². The normalized spacial score (nSPS) is 26.5. The molecule has 0 spiro atoms. The van der Waals surface area contributed by atoms with Gasteiger partial charge >= 0.3 is 0 Å². The minimum atomic E-state index is -0.233. The fourth-order valence-electron chi connectivity index (χ4n) is 2.28. The Balaban J connectivity index is 2.41.